The molecule has 2 N–H and O–H groups in total. The van der Waals surface area contributed by atoms with Crippen molar-refractivity contribution < 1.29 is 33.9 Å². The van der Waals surface area contributed by atoms with Gasteiger partial charge in [-0.3, -0.25) is 14.9 Å². The lowest BCUT2D eigenvalue weighted by Gasteiger charge is -2.34. The quantitative estimate of drug-likeness (QED) is 0.419. The van der Waals surface area contributed by atoms with E-state index in [1.807, 2.05) is 0 Å². The van der Waals surface area contributed by atoms with Crippen LogP contribution < -0.4 is 15.1 Å². The van der Waals surface area contributed by atoms with E-state index in [0.29, 0.717) is 5.82 Å². The van der Waals surface area contributed by atoms with Crippen molar-refractivity contribution in [2.24, 2.45) is 0 Å². The third kappa shape index (κ3) is 2.91. The Morgan fingerprint density at radius 2 is 2.00 bits per heavy atom. The van der Waals surface area contributed by atoms with E-state index < -0.39 is 50.8 Å². The zero-order chi connectivity index (χ0) is 24.5. The van der Waals surface area contributed by atoms with E-state index in [-0.39, 0.29) is 48.9 Å². The van der Waals surface area contributed by atoms with Crippen molar-refractivity contribution in [2.45, 2.75) is 26.1 Å². The molecule has 4 heterocycles. The first-order chi connectivity index (χ1) is 16.1. The number of hydrogen-bond donors (Lipinski definition) is 2. The number of aromatic nitrogens is 3. The van der Waals surface area contributed by atoms with Gasteiger partial charge in [-0.05, 0) is 6.92 Å². The standard InChI is InChI=1S/C20H16FN5O8/c1-8-7-34-18-15-12(17(27)9(19(28)29)4-25(8)15)14(26(32)33)13(21)16(18)24-3-2-23-5-10(20(30)31)22-11(23)6-24/h4-5,8H,2-3,6-7H2,1H3,(H,28,29)(H,30,31). The fourth-order valence-corrected chi connectivity index (χ4v) is 4.44. The van der Waals surface area contributed by atoms with Gasteiger partial charge in [-0.1, -0.05) is 0 Å². The Bertz CT molecular complexity index is 1490. The molecule has 0 bridgehead atoms. The van der Waals surface area contributed by atoms with Crippen LogP contribution in [0.3, 0.4) is 0 Å². The molecule has 14 heteroatoms. The van der Waals surface area contributed by atoms with Gasteiger partial charge in [0.2, 0.25) is 11.2 Å². The summed E-state index contributed by atoms with van der Waals surface area (Å²) in [6.45, 7) is 1.96. The highest BCUT2D eigenvalue weighted by molar-refractivity contribution is 6.02. The van der Waals surface area contributed by atoms with E-state index in [9.17, 15) is 34.7 Å². The third-order valence-corrected chi connectivity index (χ3v) is 6.01. The van der Waals surface area contributed by atoms with Gasteiger partial charge in [0, 0.05) is 25.5 Å². The molecule has 13 nitrogen and oxygen atoms in total. The Hall–Kier alpha value is -4.49. The van der Waals surface area contributed by atoms with Crippen LogP contribution in [-0.2, 0) is 13.1 Å². The Kier molecular flexibility index (Phi) is 4.56. The van der Waals surface area contributed by atoms with Gasteiger partial charge in [0.25, 0.3) is 0 Å². The molecule has 0 fully saturated rings. The number of pyridine rings is 1. The van der Waals surface area contributed by atoms with Crippen LogP contribution in [0, 0.1) is 15.9 Å². The highest BCUT2D eigenvalue weighted by Crippen LogP contribution is 2.47. The molecule has 0 spiro atoms. The summed E-state index contributed by atoms with van der Waals surface area (Å²) in [5.41, 5.74) is -3.58. The predicted octanol–water partition coefficient (Wildman–Crippen LogP) is 1.62. The van der Waals surface area contributed by atoms with E-state index in [1.54, 1.807) is 11.5 Å². The number of halogens is 1. The first-order valence-electron chi connectivity index (χ1n) is 10.1. The maximum absolute atomic E-state index is 15.8. The topological polar surface area (TPSA) is 170 Å². The van der Waals surface area contributed by atoms with Gasteiger partial charge in [-0.15, -0.1) is 0 Å². The molecule has 2 aliphatic rings. The number of anilines is 1. The minimum atomic E-state index is -1.59. The van der Waals surface area contributed by atoms with Crippen molar-refractivity contribution in [3.05, 3.63) is 55.6 Å². The molecule has 2 aromatic heterocycles. The molecule has 0 saturated heterocycles. The number of ether oxygens (including phenoxy) is 1. The second-order valence-corrected chi connectivity index (χ2v) is 8.03. The molecule has 0 radical (unpaired) electrons. The van der Waals surface area contributed by atoms with Gasteiger partial charge < -0.3 is 29.0 Å². The van der Waals surface area contributed by atoms with Crippen LogP contribution in [0.2, 0.25) is 0 Å². The minimum absolute atomic E-state index is 0.0000895. The summed E-state index contributed by atoms with van der Waals surface area (Å²) in [5.74, 6) is -3.98. The Morgan fingerprint density at radius 1 is 1.26 bits per heavy atom. The number of aromatic carboxylic acids is 2. The maximum atomic E-state index is 15.8. The molecule has 1 atom stereocenters. The van der Waals surface area contributed by atoms with Crippen LogP contribution in [0.4, 0.5) is 15.8 Å². The molecule has 0 amide bonds. The predicted molar refractivity (Wildman–Crippen MR) is 112 cm³/mol. The lowest BCUT2D eigenvalue weighted by Crippen LogP contribution is -2.36. The number of nitro benzene ring substituents is 1. The largest absolute Gasteiger partial charge is 0.487 e. The number of nitrogens with zero attached hydrogens (tertiary/aromatic N) is 5. The fraction of sp³-hybridized carbons (Fsp3) is 0.300. The zero-order valence-corrected chi connectivity index (χ0v) is 17.5. The first-order valence-corrected chi connectivity index (χ1v) is 10.1. The molecule has 5 rings (SSSR count). The smallest absolute Gasteiger partial charge is 0.356 e. The Morgan fingerprint density at radius 3 is 2.65 bits per heavy atom. The van der Waals surface area contributed by atoms with Gasteiger partial charge >= 0.3 is 17.6 Å². The lowest BCUT2D eigenvalue weighted by atomic mass is 10.0. The molecular formula is C20H16FN5O8. The lowest BCUT2D eigenvalue weighted by molar-refractivity contribution is -0.385. The van der Waals surface area contributed by atoms with Crippen LogP contribution >= 0.6 is 0 Å². The molecule has 1 unspecified atom stereocenters. The summed E-state index contributed by atoms with van der Waals surface area (Å²) >= 11 is 0. The highest BCUT2D eigenvalue weighted by Gasteiger charge is 2.38. The van der Waals surface area contributed by atoms with Crippen molar-refractivity contribution in [2.75, 3.05) is 18.1 Å². The summed E-state index contributed by atoms with van der Waals surface area (Å²) in [4.78, 5) is 52.1. The van der Waals surface area contributed by atoms with Gasteiger partial charge in [-0.2, -0.15) is 4.39 Å². The van der Waals surface area contributed by atoms with Crippen molar-refractivity contribution in [1.82, 2.24) is 14.1 Å². The Labute approximate surface area is 188 Å². The van der Waals surface area contributed by atoms with Crippen LogP contribution in [0.25, 0.3) is 10.9 Å². The van der Waals surface area contributed by atoms with Crippen molar-refractivity contribution >= 4 is 34.2 Å². The second kappa shape index (κ2) is 7.26. The fourth-order valence-electron chi connectivity index (χ4n) is 4.44. The number of benzene rings is 1. The number of imidazole rings is 1. The van der Waals surface area contributed by atoms with Crippen LogP contribution in [0.5, 0.6) is 5.75 Å². The molecule has 176 valence electrons. The first kappa shape index (κ1) is 21.4. The number of carbonyl (C=O) groups is 2. The molecule has 34 heavy (non-hydrogen) atoms. The van der Waals surface area contributed by atoms with Crippen LogP contribution in [-0.4, -0.2) is 54.3 Å². The zero-order valence-electron chi connectivity index (χ0n) is 17.5. The maximum Gasteiger partial charge on any atom is 0.356 e. The monoisotopic (exact) mass is 473 g/mol. The van der Waals surface area contributed by atoms with E-state index in [1.165, 1.54) is 15.7 Å². The summed E-state index contributed by atoms with van der Waals surface area (Å²) in [7, 11) is 0. The van der Waals surface area contributed by atoms with Gasteiger partial charge in [0.1, 0.15) is 34.6 Å². The molecular weight excluding hydrogens is 457 g/mol. The van der Waals surface area contributed by atoms with Gasteiger partial charge in [0.15, 0.2) is 11.4 Å². The van der Waals surface area contributed by atoms with Crippen LogP contribution in [0.15, 0.2) is 17.2 Å². The normalized spacial score (nSPS) is 16.8. The van der Waals surface area contributed by atoms with Gasteiger partial charge in [-0.25, -0.2) is 14.6 Å². The minimum Gasteiger partial charge on any atom is -0.487 e. The summed E-state index contributed by atoms with van der Waals surface area (Å²) < 4.78 is 24.5. The summed E-state index contributed by atoms with van der Waals surface area (Å²) in [6, 6.07) is -0.495. The number of rotatable bonds is 4. The third-order valence-electron chi connectivity index (χ3n) is 6.01. The van der Waals surface area contributed by atoms with Crippen LogP contribution in [0.1, 0.15) is 39.6 Å². The van der Waals surface area contributed by atoms with Crippen molar-refractivity contribution in [3.63, 3.8) is 0 Å². The average Bonchev–Trinajstić information content (AvgIpc) is 3.20. The van der Waals surface area contributed by atoms with Crippen molar-refractivity contribution in [3.8, 4) is 5.75 Å². The molecule has 3 aromatic rings. The number of hydrogen-bond acceptors (Lipinski definition) is 8. The average molecular weight is 473 g/mol. The SMILES string of the molecule is CC1COc2c(N3CCn4cc(C(=O)O)nc4C3)c(F)c([N+](=O)[O-])c3c(=O)c(C(=O)O)cn1c23. The summed E-state index contributed by atoms with van der Waals surface area (Å²) in [6.07, 6.45) is 2.43. The molecule has 2 aliphatic heterocycles. The number of nitro groups is 1. The highest BCUT2D eigenvalue weighted by atomic mass is 19.1. The van der Waals surface area contributed by atoms with E-state index in [0.717, 1.165) is 6.20 Å². The van der Waals surface area contributed by atoms with E-state index in [4.69, 9.17) is 4.74 Å². The number of fused-ring (bicyclic) bond motifs is 1. The van der Waals surface area contributed by atoms with Gasteiger partial charge in [0.05, 0.1) is 17.5 Å². The molecule has 0 aliphatic carbocycles. The number of carboxylic acids is 2. The van der Waals surface area contributed by atoms with E-state index in [2.05, 4.69) is 4.98 Å². The molecule has 1 aromatic carbocycles. The van der Waals surface area contributed by atoms with E-state index >= 15 is 4.39 Å². The Balaban J connectivity index is 1.81. The molecule has 0 saturated carbocycles. The van der Waals surface area contributed by atoms with Crippen molar-refractivity contribution in [1.29, 1.82) is 0 Å². The number of carboxylic acid groups (broad SMARTS) is 2. The second-order valence-electron chi connectivity index (χ2n) is 8.03. The summed E-state index contributed by atoms with van der Waals surface area (Å²) in [5, 5.41) is 29.9.